The molecule has 1 heterocycles. The molecule has 0 saturated carbocycles. The molecule has 1 amide bonds. The molecule has 0 aliphatic rings. The maximum atomic E-state index is 12.4. The number of carbonyl (C=O) groups is 1. The van der Waals surface area contributed by atoms with Crippen LogP contribution >= 0.6 is 23.2 Å². The molecule has 0 aliphatic heterocycles. The van der Waals surface area contributed by atoms with E-state index in [0.29, 0.717) is 20.3 Å². The van der Waals surface area contributed by atoms with Gasteiger partial charge in [-0.25, -0.2) is 0 Å². The fourth-order valence-electron chi connectivity index (χ4n) is 1.98. The van der Waals surface area contributed by atoms with Gasteiger partial charge in [0.25, 0.3) is 5.91 Å². The van der Waals surface area contributed by atoms with Crippen LogP contribution in [0.4, 0.5) is 0 Å². The van der Waals surface area contributed by atoms with E-state index in [1.54, 1.807) is 30.1 Å². The molecule has 0 radical (unpaired) electrons. The van der Waals surface area contributed by atoms with Crippen molar-refractivity contribution >= 4 is 29.1 Å². The minimum absolute atomic E-state index is 0.186. The van der Waals surface area contributed by atoms with Crippen molar-refractivity contribution in [3.8, 4) is 0 Å². The Balaban J connectivity index is 2.24. The molecule has 0 spiro atoms. The topological polar surface area (TPSA) is 47.2 Å². The Kier molecular flexibility index (Phi) is 4.70. The van der Waals surface area contributed by atoms with Crippen molar-refractivity contribution in [2.24, 2.45) is 0 Å². The van der Waals surface area contributed by atoms with Crippen LogP contribution in [0.3, 0.4) is 0 Å². The summed E-state index contributed by atoms with van der Waals surface area (Å²) in [4.78, 5) is 14.0. The van der Waals surface area contributed by atoms with Crippen molar-refractivity contribution in [1.29, 1.82) is 0 Å². The minimum Gasteiger partial charge on any atom is -0.619 e. The van der Waals surface area contributed by atoms with Crippen LogP contribution in [0.2, 0.25) is 10.0 Å². The zero-order valence-electron chi connectivity index (χ0n) is 11.6. The number of carbonyl (C=O) groups excluding carboxylic acids is 1. The molecular formula is C15H14Cl2N2O2. The van der Waals surface area contributed by atoms with E-state index in [0.717, 1.165) is 5.56 Å². The molecule has 2 aromatic rings. The molecule has 0 saturated heterocycles. The first-order valence-electron chi connectivity index (χ1n) is 6.31. The predicted octanol–water partition coefficient (Wildman–Crippen LogP) is 3.46. The lowest BCUT2D eigenvalue weighted by molar-refractivity contribution is -0.605. The second kappa shape index (κ2) is 6.33. The highest BCUT2D eigenvalue weighted by molar-refractivity contribution is 6.35. The highest BCUT2D eigenvalue weighted by Crippen LogP contribution is 2.29. The van der Waals surface area contributed by atoms with Crippen LogP contribution in [0.15, 0.2) is 42.7 Å². The third-order valence-corrected chi connectivity index (χ3v) is 3.93. The van der Waals surface area contributed by atoms with Crippen molar-refractivity contribution in [2.75, 3.05) is 7.05 Å². The van der Waals surface area contributed by atoms with Gasteiger partial charge in [-0.3, -0.25) is 4.79 Å². The van der Waals surface area contributed by atoms with E-state index >= 15 is 0 Å². The van der Waals surface area contributed by atoms with Crippen LogP contribution in [-0.4, -0.2) is 17.9 Å². The molecular weight excluding hydrogens is 311 g/mol. The van der Waals surface area contributed by atoms with Gasteiger partial charge in [0.15, 0.2) is 12.4 Å². The summed E-state index contributed by atoms with van der Waals surface area (Å²) in [5, 5.41) is 12.1. The summed E-state index contributed by atoms with van der Waals surface area (Å²) < 4.78 is 0.635. The lowest BCUT2D eigenvalue weighted by Crippen LogP contribution is -2.31. The number of pyridine rings is 1. The molecule has 0 aliphatic carbocycles. The fraction of sp³-hybridized carbons (Fsp3) is 0.200. The Bertz CT molecular complexity index is 659. The third kappa shape index (κ3) is 3.46. The summed E-state index contributed by atoms with van der Waals surface area (Å²) in [5.74, 6) is -0.186. The quantitative estimate of drug-likeness (QED) is 0.641. The molecule has 1 aromatic carbocycles. The number of nitrogens with zero attached hydrogens (tertiary/aromatic N) is 2. The lowest BCUT2D eigenvalue weighted by atomic mass is 10.1. The average molecular weight is 325 g/mol. The number of benzene rings is 1. The average Bonchev–Trinajstić information content (AvgIpc) is 2.46. The van der Waals surface area contributed by atoms with Gasteiger partial charge in [-0.2, -0.15) is 4.73 Å². The molecule has 110 valence electrons. The molecule has 2 rings (SSSR count). The highest BCUT2D eigenvalue weighted by atomic mass is 35.5. The van der Waals surface area contributed by atoms with Gasteiger partial charge in [0.05, 0.1) is 11.6 Å². The summed E-state index contributed by atoms with van der Waals surface area (Å²) in [7, 11) is 1.69. The van der Waals surface area contributed by atoms with Gasteiger partial charge in [0.2, 0.25) is 0 Å². The standard InChI is InChI=1S/C15H14Cl2N2O2/c1-10(13-4-3-12(16)9-14(13)17)18(2)15(20)11-5-7-19(21)8-6-11/h3-10H,1-2H3. The Morgan fingerprint density at radius 3 is 2.43 bits per heavy atom. The minimum atomic E-state index is -0.221. The van der Waals surface area contributed by atoms with Crippen LogP contribution in [0.5, 0.6) is 0 Å². The summed E-state index contributed by atoms with van der Waals surface area (Å²) in [6, 6.07) is 7.94. The van der Waals surface area contributed by atoms with Gasteiger partial charge in [-0.05, 0) is 24.6 Å². The van der Waals surface area contributed by atoms with Crippen molar-refractivity contribution in [3.05, 3.63) is 69.1 Å². The van der Waals surface area contributed by atoms with Gasteiger partial charge in [0, 0.05) is 29.2 Å². The molecule has 1 unspecified atom stereocenters. The Morgan fingerprint density at radius 2 is 1.86 bits per heavy atom. The van der Waals surface area contributed by atoms with Crippen LogP contribution in [0.25, 0.3) is 0 Å². The number of rotatable bonds is 3. The number of amides is 1. The molecule has 4 nitrogen and oxygen atoms in total. The van der Waals surface area contributed by atoms with E-state index in [2.05, 4.69) is 0 Å². The maximum Gasteiger partial charge on any atom is 0.254 e. The third-order valence-electron chi connectivity index (χ3n) is 3.36. The Morgan fingerprint density at radius 1 is 1.24 bits per heavy atom. The summed E-state index contributed by atoms with van der Waals surface area (Å²) >= 11 is 12.1. The van der Waals surface area contributed by atoms with E-state index < -0.39 is 0 Å². The normalized spacial score (nSPS) is 12.0. The number of halogens is 2. The van der Waals surface area contributed by atoms with Gasteiger partial charge in [-0.15, -0.1) is 0 Å². The van der Waals surface area contributed by atoms with E-state index in [-0.39, 0.29) is 11.9 Å². The molecule has 0 fully saturated rings. The van der Waals surface area contributed by atoms with Crippen molar-refractivity contribution in [1.82, 2.24) is 4.90 Å². The molecule has 1 aromatic heterocycles. The van der Waals surface area contributed by atoms with Gasteiger partial charge < -0.3 is 10.1 Å². The molecule has 1 atom stereocenters. The molecule has 6 heteroatoms. The predicted molar refractivity (Wildman–Crippen MR) is 82.4 cm³/mol. The maximum absolute atomic E-state index is 12.4. The highest BCUT2D eigenvalue weighted by Gasteiger charge is 2.21. The molecule has 21 heavy (non-hydrogen) atoms. The summed E-state index contributed by atoms with van der Waals surface area (Å²) in [5.41, 5.74) is 1.26. The van der Waals surface area contributed by atoms with E-state index in [4.69, 9.17) is 23.2 Å². The largest absolute Gasteiger partial charge is 0.619 e. The van der Waals surface area contributed by atoms with Crippen LogP contribution in [0, 0.1) is 5.21 Å². The van der Waals surface area contributed by atoms with Crippen LogP contribution < -0.4 is 4.73 Å². The zero-order valence-corrected chi connectivity index (χ0v) is 13.1. The molecule has 0 N–H and O–H groups in total. The van der Waals surface area contributed by atoms with Gasteiger partial charge >= 0.3 is 0 Å². The number of hydrogen-bond acceptors (Lipinski definition) is 2. The fourth-order valence-corrected chi connectivity index (χ4v) is 2.55. The first-order valence-corrected chi connectivity index (χ1v) is 7.06. The van der Waals surface area contributed by atoms with Crippen LogP contribution in [-0.2, 0) is 0 Å². The Hall–Kier alpha value is -1.78. The Labute approximate surface area is 133 Å². The smallest absolute Gasteiger partial charge is 0.254 e. The first kappa shape index (κ1) is 15.6. The zero-order chi connectivity index (χ0) is 15.6. The lowest BCUT2D eigenvalue weighted by Gasteiger charge is -2.26. The SMILES string of the molecule is CC(c1ccc(Cl)cc1Cl)N(C)C(=O)c1cc[n+]([O-])cc1. The number of hydrogen-bond donors (Lipinski definition) is 0. The molecule has 0 bridgehead atoms. The summed E-state index contributed by atoms with van der Waals surface area (Å²) in [6.07, 6.45) is 2.59. The van der Waals surface area contributed by atoms with Gasteiger partial charge in [-0.1, -0.05) is 29.3 Å². The van der Waals surface area contributed by atoms with Crippen molar-refractivity contribution in [3.63, 3.8) is 0 Å². The van der Waals surface area contributed by atoms with Gasteiger partial charge in [0.1, 0.15) is 0 Å². The van der Waals surface area contributed by atoms with E-state index in [1.165, 1.54) is 24.5 Å². The first-order chi connectivity index (χ1) is 9.90. The monoisotopic (exact) mass is 324 g/mol. The van der Waals surface area contributed by atoms with Crippen molar-refractivity contribution in [2.45, 2.75) is 13.0 Å². The van der Waals surface area contributed by atoms with Crippen molar-refractivity contribution < 1.29 is 9.52 Å². The summed E-state index contributed by atoms with van der Waals surface area (Å²) in [6.45, 7) is 1.88. The van der Waals surface area contributed by atoms with E-state index in [1.807, 2.05) is 6.92 Å². The second-order valence-electron chi connectivity index (χ2n) is 4.70. The number of aromatic nitrogens is 1. The van der Waals surface area contributed by atoms with Crippen LogP contribution in [0.1, 0.15) is 28.9 Å². The second-order valence-corrected chi connectivity index (χ2v) is 5.55. The van der Waals surface area contributed by atoms with E-state index in [9.17, 15) is 10.0 Å².